The van der Waals surface area contributed by atoms with E-state index in [0.717, 1.165) is 18.7 Å². The van der Waals surface area contributed by atoms with E-state index < -0.39 is 0 Å². The van der Waals surface area contributed by atoms with E-state index in [4.69, 9.17) is 9.47 Å². The number of carbonyl (C=O) groups is 1. The number of rotatable bonds is 6. The van der Waals surface area contributed by atoms with Crippen LogP contribution in [0.4, 0.5) is 11.4 Å². The second-order valence-corrected chi connectivity index (χ2v) is 7.45. The smallest absolute Gasteiger partial charge is 0.243 e. The Morgan fingerprint density at radius 1 is 1.23 bits per heavy atom. The van der Waals surface area contributed by atoms with E-state index in [1.54, 1.807) is 32.4 Å². The van der Waals surface area contributed by atoms with Crippen molar-refractivity contribution in [1.82, 2.24) is 0 Å². The van der Waals surface area contributed by atoms with E-state index in [1.165, 1.54) is 4.90 Å². The standard InChI is InChI=1S/C20H24N2O3S/c1-4-15-12-22(17-7-5-6-8-19(17)26-15)13-20(23)21-16-10-9-14(24-2)11-18(16)25-3/h5-11,15H,4,12-13H2,1-3H3,(H,21,23). The van der Waals surface area contributed by atoms with Crippen LogP contribution in [-0.4, -0.2) is 38.5 Å². The predicted octanol–water partition coefficient (Wildman–Crippen LogP) is 4.03. The molecule has 1 unspecified atom stereocenters. The molecule has 6 heteroatoms. The fourth-order valence-corrected chi connectivity index (χ4v) is 4.26. The minimum Gasteiger partial charge on any atom is -0.497 e. The summed E-state index contributed by atoms with van der Waals surface area (Å²) in [7, 11) is 3.18. The lowest BCUT2D eigenvalue weighted by atomic mass is 10.2. The summed E-state index contributed by atoms with van der Waals surface area (Å²) >= 11 is 1.89. The molecule has 1 N–H and O–H groups in total. The first-order valence-corrected chi connectivity index (χ1v) is 9.55. The van der Waals surface area contributed by atoms with Crippen LogP contribution in [-0.2, 0) is 4.79 Å². The minimum absolute atomic E-state index is 0.0648. The molecule has 3 rings (SSSR count). The van der Waals surface area contributed by atoms with Crippen LogP contribution in [0.5, 0.6) is 11.5 Å². The quantitative estimate of drug-likeness (QED) is 0.830. The Labute approximate surface area is 158 Å². The maximum atomic E-state index is 12.7. The van der Waals surface area contributed by atoms with E-state index in [0.29, 0.717) is 29.0 Å². The number of hydrogen-bond donors (Lipinski definition) is 1. The molecule has 0 bridgehead atoms. The summed E-state index contributed by atoms with van der Waals surface area (Å²) in [5.41, 5.74) is 1.77. The normalized spacial score (nSPS) is 16.0. The van der Waals surface area contributed by atoms with Crippen LogP contribution in [0, 0.1) is 0 Å². The third-order valence-electron chi connectivity index (χ3n) is 4.40. The Morgan fingerprint density at radius 3 is 2.77 bits per heavy atom. The maximum Gasteiger partial charge on any atom is 0.243 e. The average Bonchev–Trinajstić information content (AvgIpc) is 2.68. The Bertz CT molecular complexity index is 781. The van der Waals surface area contributed by atoms with Gasteiger partial charge in [-0.1, -0.05) is 19.1 Å². The van der Waals surface area contributed by atoms with E-state index in [2.05, 4.69) is 29.3 Å². The highest BCUT2D eigenvalue weighted by molar-refractivity contribution is 8.00. The number of hydrogen-bond acceptors (Lipinski definition) is 5. The van der Waals surface area contributed by atoms with E-state index in [9.17, 15) is 4.79 Å². The molecule has 0 spiro atoms. The van der Waals surface area contributed by atoms with Gasteiger partial charge in [0.15, 0.2) is 0 Å². The number of amides is 1. The zero-order valence-corrected chi connectivity index (χ0v) is 16.1. The van der Waals surface area contributed by atoms with Crippen molar-refractivity contribution in [3.63, 3.8) is 0 Å². The Hall–Kier alpha value is -2.34. The number of ether oxygens (including phenoxy) is 2. The van der Waals surface area contributed by atoms with E-state index >= 15 is 0 Å². The van der Waals surface area contributed by atoms with Crippen molar-refractivity contribution >= 4 is 29.0 Å². The summed E-state index contributed by atoms with van der Waals surface area (Å²) in [6.07, 6.45) is 1.07. The molecule has 0 aliphatic carbocycles. The van der Waals surface area contributed by atoms with Gasteiger partial charge in [0.1, 0.15) is 11.5 Å². The Morgan fingerprint density at radius 2 is 2.04 bits per heavy atom. The fourth-order valence-electron chi connectivity index (χ4n) is 3.01. The lowest BCUT2D eigenvalue weighted by molar-refractivity contribution is -0.115. The van der Waals surface area contributed by atoms with Crippen molar-refractivity contribution in [3.8, 4) is 11.5 Å². The zero-order chi connectivity index (χ0) is 18.5. The van der Waals surface area contributed by atoms with Crippen LogP contribution in [0.25, 0.3) is 0 Å². The second-order valence-electron chi connectivity index (χ2n) is 6.11. The molecule has 1 aliphatic heterocycles. The fraction of sp³-hybridized carbons (Fsp3) is 0.350. The first-order valence-electron chi connectivity index (χ1n) is 8.67. The van der Waals surface area contributed by atoms with Gasteiger partial charge in [-0.05, 0) is 30.7 Å². The number of anilines is 2. The van der Waals surface area contributed by atoms with Gasteiger partial charge in [0.05, 0.1) is 32.1 Å². The molecule has 1 atom stereocenters. The maximum absolute atomic E-state index is 12.7. The van der Waals surface area contributed by atoms with Crippen LogP contribution in [0.3, 0.4) is 0 Å². The highest BCUT2D eigenvalue weighted by Crippen LogP contribution is 2.39. The van der Waals surface area contributed by atoms with Crippen molar-refractivity contribution in [1.29, 1.82) is 0 Å². The van der Waals surface area contributed by atoms with Gasteiger partial charge >= 0.3 is 0 Å². The van der Waals surface area contributed by atoms with Crippen molar-refractivity contribution in [2.75, 3.05) is 37.5 Å². The lowest BCUT2D eigenvalue weighted by Crippen LogP contribution is -2.40. The van der Waals surface area contributed by atoms with E-state index in [1.807, 2.05) is 23.9 Å². The van der Waals surface area contributed by atoms with Crippen molar-refractivity contribution in [2.45, 2.75) is 23.5 Å². The van der Waals surface area contributed by atoms with Crippen LogP contribution >= 0.6 is 11.8 Å². The number of nitrogens with zero attached hydrogens (tertiary/aromatic N) is 1. The van der Waals surface area contributed by atoms with Crippen molar-refractivity contribution in [2.24, 2.45) is 0 Å². The van der Waals surface area contributed by atoms with E-state index in [-0.39, 0.29) is 5.91 Å². The molecule has 138 valence electrons. The third-order valence-corrected chi connectivity index (χ3v) is 5.81. The first kappa shape index (κ1) is 18.5. The summed E-state index contributed by atoms with van der Waals surface area (Å²) < 4.78 is 10.6. The molecule has 0 radical (unpaired) electrons. The topological polar surface area (TPSA) is 50.8 Å². The van der Waals surface area contributed by atoms with Crippen LogP contribution in [0.1, 0.15) is 13.3 Å². The largest absolute Gasteiger partial charge is 0.497 e. The number of methoxy groups -OCH3 is 2. The molecule has 1 heterocycles. The average molecular weight is 372 g/mol. The molecule has 1 aliphatic rings. The molecule has 1 amide bonds. The van der Waals surface area contributed by atoms with Crippen molar-refractivity contribution < 1.29 is 14.3 Å². The van der Waals surface area contributed by atoms with Gasteiger partial charge < -0.3 is 19.7 Å². The van der Waals surface area contributed by atoms with Gasteiger partial charge in [0.25, 0.3) is 0 Å². The lowest BCUT2D eigenvalue weighted by Gasteiger charge is -2.34. The number of thioether (sulfide) groups is 1. The molecular weight excluding hydrogens is 348 g/mol. The molecule has 5 nitrogen and oxygen atoms in total. The zero-order valence-electron chi connectivity index (χ0n) is 15.3. The molecule has 0 saturated heterocycles. The number of benzene rings is 2. The van der Waals surface area contributed by atoms with Crippen LogP contribution in [0.15, 0.2) is 47.4 Å². The Balaban J connectivity index is 1.74. The highest BCUT2D eigenvalue weighted by atomic mass is 32.2. The number of carbonyl (C=O) groups excluding carboxylic acids is 1. The second kappa shape index (κ2) is 8.36. The van der Waals surface area contributed by atoms with Gasteiger partial charge in [0.2, 0.25) is 5.91 Å². The summed E-state index contributed by atoms with van der Waals surface area (Å²) in [6, 6.07) is 13.6. The van der Waals surface area contributed by atoms with Crippen LogP contribution < -0.4 is 19.7 Å². The predicted molar refractivity (Wildman–Crippen MR) is 107 cm³/mol. The number of fused-ring (bicyclic) bond motifs is 1. The van der Waals surface area contributed by atoms with Gasteiger partial charge in [-0.15, -0.1) is 11.8 Å². The summed E-state index contributed by atoms with van der Waals surface area (Å²) in [5, 5.41) is 3.45. The number of nitrogens with one attached hydrogen (secondary N) is 1. The molecule has 0 aromatic heterocycles. The highest BCUT2D eigenvalue weighted by Gasteiger charge is 2.25. The Kier molecular flexibility index (Phi) is 5.93. The molecule has 2 aromatic carbocycles. The summed E-state index contributed by atoms with van der Waals surface area (Å²) in [4.78, 5) is 16.1. The van der Waals surface area contributed by atoms with Gasteiger partial charge in [-0.25, -0.2) is 0 Å². The van der Waals surface area contributed by atoms with Crippen LogP contribution in [0.2, 0.25) is 0 Å². The first-order chi connectivity index (χ1) is 12.6. The monoisotopic (exact) mass is 372 g/mol. The molecule has 0 fully saturated rings. The molecule has 26 heavy (non-hydrogen) atoms. The van der Waals surface area contributed by atoms with Crippen molar-refractivity contribution in [3.05, 3.63) is 42.5 Å². The number of para-hydroxylation sites is 1. The van der Waals surface area contributed by atoms with Gasteiger partial charge in [0, 0.05) is 22.8 Å². The minimum atomic E-state index is -0.0648. The molecule has 2 aromatic rings. The van der Waals surface area contributed by atoms with Gasteiger partial charge in [-0.3, -0.25) is 4.79 Å². The third kappa shape index (κ3) is 4.07. The summed E-state index contributed by atoms with van der Waals surface area (Å²) in [6.45, 7) is 3.36. The summed E-state index contributed by atoms with van der Waals surface area (Å²) in [5.74, 6) is 1.20. The molecule has 0 saturated carbocycles. The van der Waals surface area contributed by atoms with Gasteiger partial charge in [-0.2, -0.15) is 0 Å². The SMILES string of the molecule is CCC1CN(CC(=O)Nc2ccc(OC)cc2OC)c2ccccc2S1. The molecular formula is C20H24N2O3S.